The van der Waals surface area contributed by atoms with E-state index < -0.39 is 15.9 Å². The molecule has 1 N–H and O–H groups in total. The lowest BCUT2D eigenvalue weighted by molar-refractivity contribution is -0.119. The number of amides is 1. The Morgan fingerprint density at radius 2 is 1.72 bits per heavy atom. The van der Waals surface area contributed by atoms with Gasteiger partial charge in [0, 0.05) is 6.07 Å². The first-order valence-corrected chi connectivity index (χ1v) is 12.2. The second-order valence-corrected chi connectivity index (χ2v) is 9.55. The predicted molar refractivity (Wildman–Crippen MR) is 127 cm³/mol. The summed E-state index contributed by atoms with van der Waals surface area (Å²) in [4.78, 5) is 12.4. The van der Waals surface area contributed by atoms with Crippen molar-refractivity contribution in [3.8, 4) is 11.5 Å². The summed E-state index contributed by atoms with van der Waals surface area (Å²) >= 11 is 0. The van der Waals surface area contributed by atoms with Crippen LogP contribution in [0.5, 0.6) is 11.5 Å². The summed E-state index contributed by atoms with van der Waals surface area (Å²) in [5, 5.41) is 4.90. The van der Waals surface area contributed by atoms with Gasteiger partial charge in [-0.1, -0.05) is 36.4 Å². The number of benzene rings is 3. The molecule has 0 radical (unpaired) electrons. The van der Waals surface area contributed by atoms with Crippen LogP contribution in [0.1, 0.15) is 13.8 Å². The van der Waals surface area contributed by atoms with Gasteiger partial charge in [0.2, 0.25) is 15.9 Å². The molecular weight excluding hydrogens is 428 g/mol. The Hall–Kier alpha value is -3.26. The summed E-state index contributed by atoms with van der Waals surface area (Å²) in [6.07, 6.45) is 1.02. The summed E-state index contributed by atoms with van der Waals surface area (Å²) in [5.74, 6) is 0.820. The second kappa shape index (κ2) is 10.4. The van der Waals surface area contributed by atoms with Crippen molar-refractivity contribution in [2.24, 2.45) is 0 Å². The van der Waals surface area contributed by atoms with Gasteiger partial charge >= 0.3 is 0 Å². The number of ether oxygens (including phenoxy) is 2. The monoisotopic (exact) mass is 456 g/mol. The van der Waals surface area contributed by atoms with E-state index in [1.54, 1.807) is 24.3 Å². The number of carbonyl (C=O) groups is 1. The fraction of sp³-hybridized carbons (Fsp3) is 0.292. The number of sulfonamides is 1. The molecule has 3 aromatic carbocycles. The first kappa shape index (κ1) is 23.4. The molecule has 0 unspecified atom stereocenters. The molecule has 0 spiro atoms. The minimum atomic E-state index is -3.67. The minimum Gasteiger partial charge on any atom is -0.492 e. The van der Waals surface area contributed by atoms with Gasteiger partial charge in [-0.3, -0.25) is 9.10 Å². The van der Waals surface area contributed by atoms with E-state index in [9.17, 15) is 13.2 Å². The van der Waals surface area contributed by atoms with Crippen molar-refractivity contribution in [2.45, 2.75) is 20.0 Å². The maximum atomic E-state index is 12.4. The average Bonchev–Trinajstić information content (AvgIpc) is 2.74. The molecule has 3 aromatic rings. The lowest BCUT2D eigenvalue weighted by Crippen LogP contribution is -2.41. The zero-order valence-corrected chi connectivity index (χ0v) is 19.3. The molecule has 0 bridgehead atoms. The molecule has 0 aliphatic carbocycles. The molecule has 0 aliphatic rings. The molecule has 0 saturated heterocycles. The van der Waals surface area contributed by atoms with Crippen molar-refractivity contribution in [1.29, 1.82) is 0 Å². The summed E-state index contributed by atoms with van der Waals surface area (Å²) < 4.78 is 37.0. The number of hydrogen-bond donors (Lipinski definition) is 1. The van der Waals surface area contributed by atoms with Crippen LogP contribution in [0, 0.1) is 0 Å². The minimum absolute atomic E-state index is 0.0529. The number of carbonyl (C=O) groups excluding carboxylic acids is 1. The van der Waals surface area contributed by atoms with E-state index in [0.717, 1.165) is 21.3 Å². The largest absolute Gasteiger partial charge is 0.492 e. The number of hydrogen-bond acceptors (Lipinski definition) is 5. The van der Waals surface area contributed by atoms with Crippen LogP contribution in [-0.2, 0) is 14.8 Å². The maximum absolute atomic E-state index is 12.4. The van der Waals surface area contributed by atoms with Gasteiger partial charge < -0.3 is 14.8 Å². The fourth-order valence-electron chi connectivity index (χ4n) is 3.19. The van der Waals surface area contributed by atoms with Crippen molar-refractivity contribution in [2.75, 3.05) is 30.3 Å². The van der Waals surface area contributed by atoms with Crippen LogP contribution in [0.4, 0.5) is 5.69 Å². The number of nitrogens with one attached hydrogen (secondary N) is 1. The molecule has 0 aromatic heterocycles. The normalized spacial score (nSPS) is 11.4. The molecule has 0 aliphatic heterocycles. The van der Waals surface area contributed by atoms with E-state index in [-0.39, 0.29) is 25.8 Å². The number of anilines is 1. The number of rotatable bonds is 10. The Kier molecular flexibility index (Phi) is 7.58. The molecule has 0 saturated carbocycles. The number of nitrogens with zero attached hydrogens (tertiary/aromatic N) is 1. The van der Waals surface area contributed by atoms with E-state index in [4.69, 9.17) is 9.47 Å². The van der Waals surface area contributed by atoms with Crippen LogP contribution in [0.25, 0.3) is 10.8 Å². The van der Waals surface area contributed by atoms with Gasteiger partial charge in [-0.05, 0) is 48.9 Å². The summed E-state index contributed by atoms with van der Waals surface area (Å²) in [5.41, 5.74) is 0.369. The van der Waals surface area contributed by atoms with Crippen molar-refractivity contribution in [1.82, 2.24) is 5.32 Å². The first-order chi connectivity index (χ1) is 15.2. The van der Waals surface area contributed by atoms with Crippen LogP contribution >= 0.6 is 0 Å². The molecule has 8 heteroatoms. The van der Waals surface area contributed by atoms with Gasteiger partial charge in [0.15, 0.2) is 0 Å². The zero-order valence-electron chi connectivity index (χ0n) is 18.4. The highest BCUT2D eigenvalue weighted by atomic mass is 32.2. The van der Waals surface area contributed by atoms with Gasteiger partial charge in [0.25, 0.3) is 0 Å². The van der Waals surface area contributed by atoms with E-state index >= 15 is 0 Å². The van der Waals surface area contributed by atoms with Crippen LogP contribution in [-0.4, -0.2) is 46.4 Å². The van der Waals surface area contributed by atoms with Gasteiger partial charge in [-0.15, -0.1) is 0 Å². The van der Waals surface area contributed by atoms with E-state index in [0.29, 0.717) is 17.2 Å². The van der Waals surface area contributed by atoms with Crippen molar-refractivity contribution in [3.63, 3.8) is 0 Å². The Balaban J connectivity index is 1.56. The number of fused-ring (bicyclic) bond motifs is 1. The molecule has 3 rings (SSSR count). The van der Waals surface area contributed by atoms with Gasteiger partial charge in [-0.2, -0.15) is 0 Å². The van der Waals surface area contributed by atoms with Gasteiger partial charge in [-0.25, -0.2) is 8.42 Å². The van der Waals surface area contributed by atoms with Crippen molar-refractivity contribution < 1.29 is 22.7 Å². The van der Waals surface area contributed by atoms with Crippen molar-refractivity contribution in [3.05, 3.63) is 66.7 Å². The lowest BCUT2D eigenvalue weighted by atomic mass is 10.1. The Morgan fingerprint density at radius 3 is 2.44 bits per heavy atom. The fourth-order valence-corrected chi connectivity index (χ4v) is 4.04. The predicted octanol–water partition coefficient (Wildman–Crippen LogP) is 3.59. The molecule has 7 nitrogen and oxygen atoms in total. The van der Waals surface area contributed by atoms with E-state index in [2.05, 4.69) is 5.32 Å². The highest BCUT2D eigenvalue weighted by molar-refractivity contribution is 7.92. The molecule has 1 amide bonds. The molecule has 0 atom stereocenters. The zero-order chi connectivity index (χ0) is 23.1. The molecular formula is C24H28N2O5S. The third kappa shape index (κ3) is 6.62. The third-order valence-electron chi connectivity index (χ3n) is 4.58. The average molecular weight is 457 g/mol. The molecule has 32 heavy (non-hydrogen) atoms. The van der Waals surface area contributed by atoms with Crippen LogP contribution < -0.4 is 19.1 Å². The standard InChI is InChI=1S/C24H28N2O5S/c1-18(2)31-23-10-6-9-21(16-23)26(32(3,28)29)17-24(27)25-13-14-30-22-12-11-19-7-4-5-8-20(19)15-22/h4-12,15-16,18H,13-14,17H2,1-3H3,(H,25,27). The van der Waals surface area contributed by atoms with Gasteiger partial charge in [0.1, 0.15) is 24.7 Å². The Labute approximate surface area is 189 Å². The topological polar surface area (TPSA) is 84.9 Å². The molecule has 0 fully saturated rings. The first-order valence-electron chi connectivity index (χ1n) is 10.3. The molecule has 170 valence electrons. The molecule has 0 heterocycles. The van der Waals surface area contributed by atoms with Crippen molar-refractivity contribution >= 4 is 32.4 Å². The summed E-state index contributed by atoms with van der Waals surface area (Å²) in [7, 11) is -3.67. The SMILES string of the molecule is CC(C)Oc1cccc(N(CC(=O)NCCOc2ccc3ccccc3c2)S(C)(=O)=O)c1. The summed E-state index contributed by atoms with van der Waals surface area (Å²) in [6.45, 7) is 3.95. The summed E-state index contributed by atoms with van der Waals surface area (Å²) in [6, 6.07) is 20.4. The highest BCUT2D eigenvalue weighted by Gasteiger charge is 2.21. The second-order valence-electron chi connectivity index (χ2n) is 7.64. The van der Waals surface area contributed by atoms with Crippen LogP contribution in [0.2, 0.25) is 0 Å². The Morgan fingerprint density at radius 1 is 0.969 bits per heavy atom. The highest BCUT2D eigenvalue weighted by Crippen LogP contribution is 2.24. The Bertz CT molecular complexity index is 1180. The quantitative estimate of drug-likeness (QED) is 0.471. The van der Waals surface area contributed by atoms with Crippen LogP contribution in [0.15, 0.2) is 66.7 Å². The smallest absolute Gasteiger partial charge is 0.240 e. The third-order valence-corrected chi connectivity index (χ3v) is 5.72. The van der Waals surface area contributed by atoms with Gasteiger partial charge in [0.05, 0.1) is 24.6 Å². The van der Waals surface area contributed by atoms with Crippen LogP contribution in [0.3, 0.4) is 0 Å². The van der Waals surface area contributed by atoms with E-state index in [1.807, 2.05) is 56.3 Å². The van der Waals surface area contributed by atoms with E-state index in [1.165, 1.54) is 0 Å². The lowest BCUT2D eigenvalue weighted by Gasteiger charge is -2.22. The maximum Gasteiger partial charge on any atom is 0.240 e.